The fourth-order valence-electron chi connectivity index (χ4n) is 1.92. The van der Waals surface area contributed by atoms with E-state index in [1.165, 1.54) is 6.42 Å². The number of nitrogens with one attached hydrogen (secondary N) is 1. The van der Waals surface area contributed by atoms with E-state index in [0.29, 0.717) is 6.04 Å². The lowest BCUT2D eigenvalue weighted by molar-refractivity contribution is 0.621. The van der Waals surface area contributed by atoms with Crippen molar-refractivity contribution in [3.8, 4) is 0 Å². The van der Waals surface area contributed by atoms with Crippen molar-refractivity contribution in [2.24, 2.45) is 0 Å². The van der Waals surface area contributed by atoms with Gasteiger partial charge in [0.05, 0.1) is 5.52 Å². The zero-order chi connectivity index (χ0) is 12.1. The van der Waals surface area contributed by atoms with Crippen molar-refractivity contribution in [2.45, 2.75) is 39.2 Å². The lowest BCUT2D eigenvalue weighted by Gasteiger charge is -2.17. The van der Waals surface area contributed by atoms with Crippen molar-refractivity contribution < 1.29 is 0 Å². The third-order valence-corrected chi connectivity index (χ3v) is 2.87. The molecule has 0 fully saturated rings. The molecule has 0 aliphatic rings. The van der Waals surface area contributed by atoms with Gasteiger partial charge in [-0.3, -0.25) is 4.98 Å². The van der Waals surface area contributed by atoms with Crippen LogP contribution < -0.4 is 5.32 Å². The first-order chi connectivity index (χ1) is 8.35. The maximum Gasteiger partial charge on any atom is 0.156 e. The van der Waals surface area contributed by atoms with Crippen molar-refractivity contribution in [3.05, 3.63) is 24.7 Å². The van der Waals surface area contributed by atoms with Crippen molar-refractivity contribution in [1.29, 1.82) is 0 Å². The Morgan fingerprint density at radius 2 is 2.12 bits per heavy atom. The van der Waals surface area contributed by atoms with Crippen LogP contribution >= 0.6 is 0 Å². The first-order valence-electron chi connectivity index (χ1n) is 6.17. The maximum absolute atomic E-state index is 4.34. The third kappa shape index (κ3) is 2.70. The minimum Gasteiger partial charge on any atom is -0.365 e. The Morgan fingerprint density at radius 1 is 1.24 bits per heavy atom. The zero-order valence-electron chi connectivity index (χ0n) is 10.3. The molecule has 1 N–H and O–H groups in total. The number of hydrogen-bond acceptors (Lipinski definition) is 4. The second kappa shape index (κ2) is 5.57. The summed E-state index contributed by atoms with van der Waals surface area (Å²) in [6.45, 7) is 4.38. The molecule has 1 atom stereocenters. The molecule has 90 valence electrons. The summed E-state index contributed by atoms with van der Waals surface area (Å²) >= 11 is 0. The number of aromatic nitrogens is 3. The summed E-state index contributed by atoms with van der Waals surface area (Å²) in [5, 5.41) is 3.46. The SMILES string of the molecule is CCCC(CC)Nc1ncnc2cccnc12. The highest BCUT2D eigenvalue weighted by Crippen LogP contribution is 2.18. The molecule has 2 aromatic rings. The standard InChI is InChI=1S/C13H18N4/c1-3-6-10(4-2)17-13-12-11(15-9-16-13)7-5-8-14-12/h5,7-10H,3-4,6H2,1-2H3,(H,15,16,17). The molecule has 2 aromatic heterocycles. The van der Waals surface area contributed by atoms with Gasteiger partial charge in [-0.05, 0) is 25.0 Å². The molecule has 0 aromatic carbocycles. The molecule has 0 saturated carbocycles. The maximum atomic E-state index is 4.34. The van der Waals surface area contributed by atoms with E-state index in [-0.39, 0.29) is 0 Å². The summed E-state index contributed by atoms with van der Waals surface area (Å²) < 4.78 is 0. The largest absolute Gasteiger partial charge is 0.365 e. The van der Waals surface area contributed by atoms with Crippen LogP contribution in [-0.2, 0) is 0 Å². The summed E-state index contributed by atoms with van der Waals surface area (Å²) in [4.78, 5) is 12.8. The molecule has 2 rings (SSSR count). The molecule has 1 unspecified atom stereocenters. The Balaban J connectivity index is 2.28. The van der Waals surface area contributed by atoms with Crippen LogP contribution in [0.5, 0.6) is 0 Å². The van der Waals surface area contributed by atoms with Crippen molar-refractivity contribution in [2.75, 3.05) is 5.32 Å². The molecule has 0 bridgehead atoms. The van der Waals surface area contributed by atoms with E-state index >= 15 is 0 Å². The molecule has 0 aliphatic carbocycles. The van der Waals surface area contributed by atoms with E-state index in [2.05, 4.69) is 34.1 Å². The first kappa shape index (κ1) is 11.8. The van der Waals surface area contributed by atoms with Crippen LogP contribution in [0, 0.1) is 0 Å². The molecular formula is C13H18N4. The highest BCUT2D eigenvalue weighted by Gasteiger charge is 2.09. The van der Waals surface area contributed by atoms with Gasteiger partial charge in [-0.1, -0.05) is 20.3 Å². The monoisotopic (exact) mass is 230 g/mol. The van der Waals surface area contributed by atoms with Crippen LogP contribution in [0.2, 0.25) is 0 Å². The predicted molar refractivity (Wildman–Crippen MR) is 69.9 cm³/mol. The van der Waals surface area contributed by atoms with Gasteiger partial charge in [-0.15, -0.1) is 0 Å². The van der Waals surface area contributed by atoms with Gasteiger partial charge in [0.25, 0.3) is 0 Å². The van der Waals surface area contributed by atoms with Crippen LogP contribution in [0.15, 0.2) is 24.7 Å². The van der Waals surface area contributed by atoms with Gasteiger partial charge in [0.2, 0.25) is 0 Å². The van der Waals surface area contributed by atoms with E-state index < -0.39 is 0 Å². The quantitative estimate of drug-likeness (QED) is 0.857. The molecule has 0 spiro atoms. The molecule has 0 amide bonds. The topological polar surface area (TPSA) is 50.7 Å². The highest BCUT2D eigenvalue weighted by molar-refractivity contribution is 5.84. The Morgan fingerprint density at radius 3 is 2.88 bits per heavy atom. The van der Waals surface area contributed by atoms with E-state index in [4.69, 9.17) is 0 Å². The number of rotatable bonds is 5. The summed E-state index contributed by atoms with van der Waals surface area (Å²) in [7, 11) is 0. The average Bonchev–Trinajstić information content (AvgIpc) is 2.38. The zero-order valence-corrected chi connectivity index (χ0v) is 10.3. The van der Waals surface area contributed by atoms with E-state index in [0.717, 1.165) is 29.7 Å². The molecular weight excluding hydrogens is 212 g/mol. The van der Waals surface area contributed by atoms with E-state index in [9.17, 15) is 0 Å². The number of pyridine rings is 1. The lowest BCUT2D eigenvalue weighted by Crippen LogP contribution is -2.19. The van der Waals surface area contributed by atoms with Gasteiger partial charge in [-0.25, -0.2) is 9.97 Å². The molecule has 0 saturated heterocycles. The molecule has 2 heterocycles. The fourth-order valence-corrected chi connectivity index (χ4v) is 1.92. The van der Waals surface area contributed by atoms with Crippen molar-refractivity contribution in [1.82, 2.24) is 15.0 Å². The van der Waals surface area contributed by atoms with Crippen LogP contribution in [0.25, 0.3) is 11.0 Å². The van der Waals surface area contributed by atoms with E-state index in [1.54, 1.807) is 12.5 Å². The van der Waals surface area contributed by atoms with Gasteiger partial charge in [-0.2, -0.15) is 0 Å². The van der Waals surface area contributed by atoms with Gasteiger partial charge >= 0.3 is 0 Å². The first-order valence-corrected chi connectivity index (χ1v) is 6.17. The second-order valence-corrected chi connectivity index (χ2v) is 4.13. The Bertz CT molecular complexity index is 478. The van der Waals surface area contributed by atoms with Crippen molar-refractivity contribution in [3.63, 3.8) is 0 Å². The average molecular weight is 230 g/mol. The molecule has 17 heavy (non-hydrogen) atoms. The minimum absolute atomic E-state index is 0.458. The molecule has 4 nitrogen and oxygen atoms in total. The molecule has 0 radical (unpaired) electrons. The summed E-state index contributed by atoms with van der Waals surface area (Å²) in [6, 6.07) is 4.30. The van der Waals surface area contributed by atoms with Gasteiger partial charge < -0.3 is 5.32 Å². The summed E-state index contributed by atoms with van der Waals surface area (Å²) in [6.07, 6.45) is 6.77. The normalized spacial score (nSPS) is 12.6. The predicted octanol–water partition coefficient (Wildman–Crippen LogP) is 3.02. The van der Waals surface area contributed by atoms with Crippen molar-refractivity contribution >= 4 is 16.9 Å². The van der Waals surface area contributed by atoms with Crippen LogP contribution in [0.3, 0.4) is 0 Å². The molecule has 4 heteroatoms. The second-order valence-electron chi connectivity index (χ2n) is 4.13. The van der Waals surface area contributed by atoms with Crippen LogP contribution in [-0.4, -0.2) is 21.0 Å². The van der Waals surface area contributed by atoms with Crippen LogP contribution in [0.4, 0.5) is 5.82 Å². The number of anilines is 1. The molecule has 0 aliphatic heterocycles. The fraction of sp³-hybridized carbons (Fsp3) is 0.462. The van der Waals surface area contributed by atoms with Gasteiger partial charge in [0.1, 0.15) is 11.8 Å². The van der Waals surface area contributed by atoms with Gasteiger partial charge in [0, 0.05) is 12.2 Å². The number of hydrogen-bond donors (Lipinski definition) is 1. The minimum atomic E-state index is 0.458. The van der Waals surface area contributed by atoms with E-state index in [1.807, 2.05) is 12.1 Å². The number of fused-ring (bicyclic) bond motifs is 1. The highest BCUT2D eigenvalue weighted by atomic mass is 15.1. The Hall–Kier alpha value is -1.71. The number of nitrogens with zero attached hydrogens (tertiary/aromatic N) is 3. The Labute approximate surface area is 102 Å². The van der Waals surface area contributed by atoms with Gasteiger partial charge in [0.15, 0.2) is 5.82 Å². The summed E-state index contributed by atoms with van der Waals surface area (Å²) in [5.41, 5.74) is 1.74. The smallest absolute Gasteiger partial charge is 0.156 e. The van der Waals surface area contributed by atoms with Crippen LogP contribution in [0.1, 0.15) is 33.1 Å². The lowest BCUT2D eigenvalue weighted by atomic mass is 10.1. The summed E-state index contributed by atoms with van der Waals surface area (Å²) in [5.74, 6) is 0.843. The third-order valence-electron chi connectivity index (χ3n) is 2.87. The Kier molecular flexibility index (Phi) is 3.85.